The maximum absolute atomic E-state index is 9.70. The summed E-state index contributed by atoms with van der Waals surface area (Å²) >= 11 is 0. The quantitative estimate of drug-likeness (QED) is 0.719. The van der Waals surface area contributed by atoms with Crippen LogP contribution in [-0.2, 0) is 0 Å². The molecule has 2 N–H and O–H groups in total. The highest BCUT2D eigenvalue weighted by atomic mass is 16.3. The molecule has 0 aromatic rings. The van der Waals surface area contributed by atoms with Gasteiger partial charge in [-0.25, -0.2) is 0 Å². The van der Waals surface area contributed by atoms with E-state index in [-0.39, 0.29) is 12.1 Å². The van der Waals surface area contributed by atoms with E-state index in [0.29, 0.717) is 6.04 Å². The molecule has 3 nitrogen and oxygen atoms in total. The second-order valence-electron chi connectivity index (χ2n) is 6.98. The average Bonchev–Trinajstić information content (AvgIpc) is 2.43. The first kappa shape index (κ1) is 17.9. The Morgan fingerprint density at radius 3 is 2.50 bits per heavy atom. The van der Waals surface area contributed by atoms with E-state index in [9.17, 15) is 5.11 Å². The number of piperidine rings is 1. The van der Waals surface area contributed by atoms with E-state index in [4.69, 9.17) is 0 Å². The molecule has 1 aliphatic heterocycles. The zero-order valence-corrected chi connectivity index (χ0v) is 14.3. The van der Waals surface area contributed by atoms with E-state index in [1.807, 2.05) is 0 Å². The van der Waals surface area contributed by atoms with Crippen LogP contribution in [0.2, 0.25) is 0 Å². The molecule has 20 heavy (non-hydrogen) atoms. The molecule has 1 heterocycles. The minimum Gasteiger partial charge on any atom is -0.394 e. The first-order valence-electron chi connectivity index (χ1n) is 8.58. The van der Waals surface area contributed by atoms with Crippen LogP contribution in [-0.4, -0.2) is 47.8 Å². The molecule has 1 aliphatic rings. The van der Waals surface area contributed by atoms with Gasteiger partial charge in [0.1, 0.15) is 0 Å². The fraction of sp³-hybridized carbons (Fsp3) is 1.00. The van der Waals surface area contributed by atoms with Crippen molar-refractivity contribution in [2.45, 2.75) is 71.9 Å². The smallest absolute Gasteiger partial charge is 0.0613 e. The van der Waals surface area contributed by atoms with Crippen molar-refractivity contribution in [3.05, 3.63) is 0 Å². The predicted octanol–water partition coefficient (Wildman–Crippen LogP) is 2.88. The van der Waals surface area contributed by atoms with Crippen LogP contribution in [0.1, 0.15) is 60.3 Å². The summed E-state index contributed by atoms with van der Waals surface area (Å²) in [5, 5.41) is 13.2. The molecule has 1 saturated heterocycles. The Labute approximate surface area is 126 Å². The van der Waals surface area contributed by atoms with Crippen molar-refractivity contribution >= 4 is 0 Å². The van der Waals surface area contributed by atoms with E-state index in [2.05, 4.69) is 44.8 Å². The molecule has 1 fully saturated rings. The first-order valence-corrected chi connectivity index (χ1v) is 8.58. The maximum atomic E-state index is 9.70. The van der Waals surface area contributed by atoms with Gasteiger partial charge in [0.05, 0.1) is 6.61 Å². The zero-order valence-electron chi connectivity index (χ0n) is 14.3. The lowest BCUT2D eigenvalue weighted by Gasteiger charge is -2.42. The molecule has 0 aliphatic carbocycles. The van der Waals surface area contributed by atoms with Crippen molar-refractivity contribution in [1.29, 1.82) is 0 Å². The molecule has 0 aromatic carbocycles. The molecule has 0 bridgehead atoms. The Morgan fingerprint density at radius 2 is 1.95 bits per heavy atom. The summed E-state index contributed by atoms with van der Waals surface area (Å²) in [5.74, 6) is 1.63. The zero-order chi connectivity index (χ0) is 15.2. The largest absolute Gasteiger partial charge is 0.394 e. The van der Waals surface area contributed by atoms with Gasteiger partial charge in [-0.15, -0.1) is 0 Å². The summed E-state index contributed by atoms with van der Waals surface area (Å²) in [7, 11) is 0. The van der Waals surface area contributed by atoms with E-state index in [0.717, 1.165) is 31.2 Å². The van der Waals surface area contributed by atoms with Gasteiger partial charge in [-0.3, -0.25) is 0 Å². The van der Waals surface area contributed by atoms with Gasteiger partial charge >= 0.3 is 0 Å². The lowest BCUT2D eigenvalue weighted by molar-refractivity contribution is 0.0714. The van der Waals surface area contributed by atoms with Crippen molar-refractivity contribution in [3.8, 4) is 0 Å². The van der Waals surface area contributed by atoms with Crippen LogP contribution in [0.4, 0.5) is 0 Å². The number of likely N-dealkylation sites (N-methyl/N-ethyl adjacent to an activating group) is 1. The standard InChI is InChI=1S/C17H36N2O/c1-6-17(13-20,18-7-2)9-8-10-19-12-14(3)11-15(4)16(19)5/h14-16,18,20H,6-13H2,1-5H3. The van der Waals surface area contributed by atoms with Crippen molar-refractivity contribution in [3.63, 3.8) is 0 Å². The van der Waals surface area contributed by atoms with Crippen LogP contribution in [0.5, 0.6) is 0 Å². The second-order valence-corrected chi connectivity index (χ2v) is 6.98. The number of hydrogen-bond acceptors (Lipinski definition) is 3. The van der Waals surface area contributed by atoms with Crippen molar-refractivity contribution in [2.75, 3.05) is 26.2 Å². The maximum Gasteiger partial charge on any atom is 0.0613 e. The SMILES string of the molecule is CCNC(CC)(CO)CCCN1CC(C)CC(C)C1C. The molecular formula is C17H36N2O. The van der Waals surface area contributed by atoms with E-state index in [1.165, 1.54) is 25.9 Å². The van der Waals surface area contributed by atoms with Crippen molar-refractivity contribution < 1.29 is 5.11 Å². The first-order chi connectivity index (χ1) is 9.48. The molecule has 4 unspecified atom stereocenters. The third-order valence-electron chi connectivity index (χ3n) is 5.35. The number of aliphatic hydroxyl groups is 1. The highest BCUT2D eigenvalue weighted by molar-refractivity contribution is 4.87. The Balaban J connectivity index is 2.45. The van der Waals surface area contributed by atoms with Crippen LogP contribution in [0.25, 0.3) is 0 Å². The molecule has 0 saturated carbocycles. The number of aliphatic hydroxyl groups excluding tert-OH is 1. The van der Waals surface area contributed by atoms with Crippen molar-refractivity contribution in [1.82, 2.24) is 10.2 Å². The number of likely N-dealkylation sites (tertiary alicyclic amines) is 1. The number of nitrogens with zero attached hydrogens (tertiary/aromatic N) is 1. The van der Waals surface area contributed by atoms with Gasteiger partial charge < -0.3 is 15.3 Å². The summed E-state index contributed by atoms with van der Waals surface area (Å²) < 4.78 is 0. The molecule has 0 amide bonds. The lowest BCUT2D eigenvalue weighted by atomic mass is 9.85. The monoisotopic (exact) mass is 284 g/mol. The normalized spacial score (nSPS) is 31.2. The fourth-order valence-electron chi connectivity index (χ4n) is 3.76. The molecule has 120 valence electrons. The third kappa shape index (κ3) is 4.71. The van der Waals surface area contributed by atoms with Gasteiger partial charge in [0.25, 0.3) is 0 Å². The Kier molecular flexibility index (Phi) is 7.49. The van der Waals surface area contributed by atoms with E-state index in [1.54, 1.807) is 0 Å². The highest BCUT2D eigenvalue weighted by Gasteiger charge is 2.30. The molecule has 0 spiro atoms. The Morgan fingerprint density at radius 1 is 1.25 bits per heavy atom. The summed E-state index contributed by atoms with van der Waals surface area (Å²) in [4.78, 5) is 2.66. The van der Waals surface area contributed by atoms with Crippen molar-refractivity contribution in [2.24, 2.45) is 11.8 Å². The molecule has 3 heteroatoms. The fourth-order valence-corrected chi connectivity index (χ4v) is 3.76. The Hall–Kier alpha value is -0.120. The number of rotatable bonds is 8. The molecule has 4 atom stereocenters. The van der Waals surface area contributed by atoms with Gasteiger partial charge in [0.2, 0.25) is 0 Å². The Bertz CT molecular complexity index is 266. The number of hydrogen-bond donors (Lipinski definition) is 2. The molecule has 1 rings (SSSR count). The minimum absolute atomic E-state index is 0.0645. The van der Waals surface area contributed by atoms with E-state index < -0.39 is 0 Å². The van der Waals surface area contributed by atoms with Crippen LogP contribution in [0, 0.1) is 11.8 Å². The second kappa shape index (κ2) is 8.35. The highest BCUT2D eigenvalue weighted by Crippen LogP contribution is 2.27. The van der Waals surface area contributed by atoms with Gasteiger partial charge in [-0.1, -0.05) is 27.7 Å². The third-order valence-corrected chi connectivity index (χ3v) is 5.35. The van der Waals surface area contributed by atoms with Crippen LogP contribution < -0.4 is 5.32 Å². The summed E-state index contributed by atoms with van der Waals surface area (Å²) in [6.07, 6.45) is 4.61. The molecule has 0 aromatic heterocycles. The summed E-state index contributed by atoms with van der Waals surface area (Å²) in [6, 6.07) is 0.704. The molecular weight excluding hydrogens is 248 g/mol. The van der Waals surface area contributed by atoms with E-state index >= 15 is 0 Å². The van der Waals surface area contributed by atoms with Gasteiger partial charge in [-0.05, 0) is 57.5 Å². The van der Waals surface area contributed by atoms with Gasteiger partial charge in [0.15, 0.2) is 0 Å². The summed E-state index contributed by atoms with van der Waals surface area (Å²) in [6.45, 7) is 15.0. The van der Waals surface area contributed by atoms with Gasteiger partial charge in [0, 0.05) is 18.1 Å². The minimum atomic E-state index is -0.0645. The predicted molar refractivity (Wildman–Crippen MR) is 87.0 cm³/mol. The van der Waals surface area contributed by atoms with Gasteiger partial charge in [-0.2, -0.15) is 0 Å². The average molecular weight is 284 g/mol. The van der Waals surface area contributed by atoms with Crippen LogP contribution in [0.3, 0.4) is 0 Å². The van der Waals surface area contributed by atoms with Crippen LogP contribution >= 0.6 is 0 Å². The molecule has 0 radical (unpaired) electrons. The number of nitrogens with one attached hydrogen (secondary N) is 1. The van der Waals surface area contributed by atoms with Crippen LogP contribution in [0.15, 0.2) is 0 Å². The topological polar surface area (TPSA) is 35.5 Å². The lowest BCUT2D eigenvalue weighted by Crippen LogP contribution is -2.49. The summed E-state index contributed by atoms with van der Waals surface area (Å²) in [5.41, 5.74) is -0.0645.